The topological polar surface area (TPSA) is 49.3 Å². The normalized spacial score (nSPS) is 11.7. The number of nitrogens with one attached hydrogen (secondary N) is 1. The second kappa shape index (κ2) is 5.88. The number of hydroxylamine groups is 1. The van der Waals surface area contributed by atoms with E-state index < -0.39 is 23.5 Å². The van der Waals surface area contributed by atoms with Crippen LogP contribution in [0.2, 0.25) is 0 Å². The average molecular weight is 355 g/mol. The zero-order chi connectivity index (χ0) is 17.5. The molecule has 0 aliphatic carbocycles. The monoisotopic (exact) mass is 355 g/mol. The van der Waals surface area contributed by atoms with Gasteiger partial charge in [0.05, 0.1) is 5.56 Å². The molecule has 3 nitrogen and oxygen atoms in total. The lowest BCUT2D eigenvalue weighted by atomic mass is 10.1. The highest BCUT2D eigenvalue weighted by Gasteiger charge is 2.34. The molecule has 8 heteroatoms. The molecule has 0 unspecified atom stereocenters. The predicted octanol–water partition coefficient (Wildman–Crippen LogP) is 4.85. The van der Waals surface area contributed by atoms with Crippen LogP contribution in [-0.2, 0) is 6.18 Å². The summed E-state index contributed by atoms with van der Waals surface area (Å²) in [6, 6.07) is 9.06. The second-order valence-electron chi connectivity index (χ2n) is 5.00. The zero-order valence-electron chi connectivity index (χ0n) is 11.8. The summed E-state index contributed by atoms with van der Waals surface area (Å²) < 4.78 is 52.6. The first-order valence-electron chi connectivity index (χ1n) is 6.65. The minimum atomic E-state index is -4.77. The van der Waals surface area contributed by atoms with Crippen LogP contribution in [0.3, 0.4) is 0 Å². The van der Waals surface area contributed by atoms with Crippen LogP contribution in [-0.4, -0.2) is 11.1 Å². The van der Waals surface area contributed by atoms with Crippen molar-refractivity contribution in [3.05, 3.63) is 59.4 Å². The third-order valence-electron chi connectivity index (χ3n) is 3.44. The molecule has 0 aliphatic rings. The number of hydrogen-bond donors (Lipinski definition) is 2. The van der Waals surface area contributed by atoms with Crippen LogP contribution < -0.4 is 5.48 Å². The van der Waals surface area contributed by atoms with E-state index in [0.717, 1.165) is 16.8 Å². The Kier molecular flexibility index (Phi) is 4.02. The van der Waals surface area contributed by atoms with Gasteiger partial charge in [0.15, 0.2) is 0 Å². The first kappa shape index (κ1) is 16.4. The van der Waals surface area contributed by atoms with E-state index >= 15 is 0 Å². The summed E-state index contributed by atoms with van der Waals surface area (Å²) in [7, 11) is 0. The summed E-state index contributed by atoms with van der Waals surface area (Å²) in [6.45, 7) is 0. The molecule has 124 valence electrons. The molecule has 0 fully saturated rings. The summed E-state index contributed by atoms with van der Waals surface area (Å²) in [6.07, 6.45) is -4.77. The minimum Gasteiger partial charge on any atom is -0.288 e. The lowest BCUT2D eigenvalue weighted by molar-refractivity contribution is -0.139. The molecular weight excluding hydrogens is 346 g/mol. The number of halogens is 4. The number of amides is 1. The van der Waals surface area contributed by atoms with Crippen LogP contribution in [0.25, 0.3) is 20.5 Å². The molecule has 0 bridgehead atoms. The van der Waals surface area contributed by atoms with Gasteiger partial charge in [-0.2, -0.15) is 13.2 Å². The third-order valence-corrected chi connectivity index (χ3v) is 4.60. The zero-order valence-corrected chi connectivity index (χ0v) is 12.6. The van der Waals surface area contributed by atoms with Gasteiger partial charge in [-0.1, -0.05) is 6.07 Å². The predicted molar refractivity (Wildman–Crippen MR) is 81.5 cm³/mol. The smallest absolute Gasteiger partial charge is 0.288 e. The Labute approximate surface area is 137 Å². The van der Waals surface area contributed by atoms with Crippen molar-refractivity contribution in [2.24, 2.45) is 0 Å². The molecular formula is C16H9F4NO2S. The summed E-state index contributed by atoms with van der Waals surface area (Å²) >= 11 is 1.22. The Morgan fingerprint density at radius 2 is 1.83 bits per heavy atom. The highest BCUT2D eigenvalue weighted by atomic mass is 32.1. The van der Waals surface area contributed by atoms with Gasteiger partial charge in [0.1, 0.15) is 5.82 Å². The van der Waals surface area contributed by atoms with E-state index in [0.29, 0.717) is 10.3 Å². The number of carbonyl (C=O) groups is 1. The fourth-order valence-electron chi connectivity index (χ4n) is 2.29. The number of hydrogen-bond acceptors (Lipinski definition) is 3. The summed E-state index contributed by atoms with van der Waals surface area (Å²) in [5, 5.41) is 9.27. The maximum Gasteiger partial charge on any atom is 0.419 e. The maximum atomic E-state index is 13.4. The van der Waals surface area contributed by atoms with Gasteiger partial charge in [0, 0.05) is 15.1 Å². The molecule has 0 spiro atoms. The molecule has 0 saturated carbocycles. The molecule has 0 atom stereocenters. The lowest BCUT2D eigenvalue weighted by Gasteiger charge is -2.09. The van der Waals surface area contributed by atoms with E-state index in [1.54, 1.807) is 12.1 Å². The number of fused-ring (bicyclic) bond motifs is 1. The molecule has 0 saturated heterocycles. The lowest BCUT2D eigenvalue weighted by Crippen LogP contribution is -2.18. The molecule has 24 heavy (non-hydrogen) atoms. The average Bonchev–Trinajstić information content (AvgIpc) is 2.96. The summed E-state index contributed by atoms with van der Waals surface area (Å²) in [5.74, 6) is -2.01. The maximum absolute atomic E-state index is 13.4. The van der Waals surface area contributed by atoms with Gasteiger partial charge in [-0.15, -0.1) is 11.3 Å². The van der Waals surface area contributed by atoms with Crippen molar-refractivity contribution in [1.82, 2.24) is 5.48 Å². The molecule has 2 aromatic carbocycles. The van der Waals surface area contributed by atoms with Gasteiger partial charge in [-0.05, 0) is 47.3 Å². The van der Waals surface area contributed by atoms with Crippen LogP contribution in [0.15, 0.2) is 42.5 Å². The number of benzene rings is 2. The van der Waals surface area contributed by atoms with Crippen molar-refractivity contribution in [2.75, 3.05) is 0 Å². The van der Waals surface area contributed by atoms with Crippen molar-refractivity contribution in [3.8, 4) is 10.4 Å². The van der Waals surface area contributed by atoms with E-state index in [9.17, 15) is 22.4 Å². The largest absolute Gasteiger partial charge is 0.419 e. The standard InChI is InChI=1S/C16H9F4NO2S/c17-12-3-1-8(6-11(12)16(18,19)20)14-7-10-5-9(15(22)21-23)2-4-13(10)24-14/h1-7,23H,(H,21,22). The fraction of sp³-hybridized carbons (Fsp3) is 0.0625. The minimum absolute atomic E-state index is 0.212. The van der Waals surface area contributed by atoms with Crippen LogP contribution in [0.4, 0.5) is 17.6 Å². The van der Waals surface area contributed by atoms with Crippen LogP contribution in [0.1, 0.15) is 15.9 Å². The first-order valence-corrected chi connectivity index (χ1v) is 7.46. The van der Waals surface area contributed by atoms with Gasteiger partial charge in [-0.25, -0.2) is 9.87 Å². The highest BCUT2D eigenvalue weighted by molar-refractivity contribution is 7.22. The van der Waals surface area contributed by atoms with E-state index in [2.05, 4.69) is 0 Å². The van der Waals surface area contributed by atoms with Crippen molar-refractivity contribution < 1.29 is 27.6 Å². The number of carbonyl (C=O) groups excluding carboxylic acids is 1. The third kappa shape index (κ3) is 2.98. The van der Waals surface area contributed by atoms with Crippen LogP contribution >= 0.6 is 11.3 Å². The molecule has 3 aromatic rings. The van der Waals surface area contributed by atoms with E-state index in [-0.39, 0.29) is 11.1 Å². The first-order chi connectivity index (χ1) is 11.3. The van der Waals surface area contributed by atoms with E-state index in [1.165, 1.54) is 35.0 Å². The molecule has 1 heterocycles. The second-order valence-corrected chi connectivity index (χ2v) is 6.08. The van der Waals surface area contributed by atoms with Gasteiger partial charge in [0.25, 0.3) is 5.91 Å². The van der Waals surface area contributed by atoms with Crippen molar-refractivity contribution >= 4 is 27.3 Å². The van der Waals surface area contributed by atoms with Crippen LogP contribution in [0, 0.1) is 5.82 Å². The quantitative estimate of drug-likeness (QED) is 0.392. The van der Waals surface area contributed by atoms with Crippen molar-refractivity contribution in [1.29, 1.82) is 0 Å². The van der Waals surface area contributed by atoms with Gasteiger partial charge in [0.2, 0.25) is 0 Å². The Hall–Kier alpha value is -2.45. The van der Waals surface area contributed by atoms with Crippen LogP contribution in [0.5, 0.6) is 0 Å². The van der Waals surface area contributed by atoms with Crippen molar-refractivity contribution in [2.45, 2.75) is 6.18 Å². The molecule has 3 rings (SSSR count). The van der Waals surface area contributed by atoms with Gasteiger partial charge < -0.3 is 0 Å². The Bertz CT molecular complexity index is 933. The Morgan fingerprint density at radius 3 is 2.50 bits per heavy atom. The molecule has 1 amide bonds. The molecule has 1 aromatic heterocycles. The molecule has 0 radical (unpaired) electrons. The summed E-state index contributed by atoms with van der Waals surface area (Å²) in [4.78, 5) is 11.9. The van der Waals surface area contributed by atoms with Gasteiger partial charge in [-0.3, -0.25) is 10.0 Å². The fourth-order valence-corrected chi connectivity index (χ4v) is 3.33. The molecule has 0 aliphatic heterocycles. The SMILES string of the molecule is O=C(NO)c1ccc2sc(-c3ccc(F)c(C(F)(F)F)c3)cc2c1. The number of alkyl halides is 3. The highest BCUT2D eigenvalue weighted by Crippen LogP contribution is 2.38. The van der Waals surface area contributed by atoms with Crippen molar-refractivity contribution in [3.63, 3.8) is 0 Å². The summed E-state index contributed by atoms with van der Waals surface area (Å²) in [5.41, 5.74) is 0.638. The van der Waals surface area contributed by atoms with E-state index in [1.807, 2.05) is 0 Å². The van der Waals surface area contributed by atoms with Gasteiger partial charge >= 0.3 is 6.18 Å². The molecule has 2 N–H and O–H groups in total. The number of rotatable bonds is 2. The Morgan fingerprint density at radius 1 is 1.08 bits per heavy atom. The number of thiophene rings is 1. The Balaban J connectivity index is 2.08. The van der Waals surface area contributed by atoms with E-state index in [4.69, 9.17) is 5.21 Å².